The number of aliphatic hydroxyl groups excluding tert-OH is 1. The van der Waals surface area contributed by atoms with Crippen molar-refractivity contribution in [3.63, 3.8) is 0 Å². The van der Waals surface area contributed by atoms with Gasteiger partial charge in [0.25, 0.3) is 0 Å². The number of hydrogen-bond acceptors (Lipinski definition) is 17. The molecule has 0 fully saturated rings. The number of thioether (sulfide) groups is 1. The Balaban J connectivity index is 2.29. The number of aromatic hydroxyl groups is 1. The number of phenols is 1. The number of thiol groups is 2. The molecule has 24 nitrogen and oxygen atoms in total. The number of carboxylic acids is 1. The number of carbonyl (C=O) groups excluding carboxylic acids is 9. The summed E-state index contributed by atoms with van der Waals surface area (Å²) in [6.45, 7) is 4.94. The van der Waals surface area contributed by atoms with Crippen LogP contribution in [0.5, 0.6) is 5.75 Å². The normalized spacial score (nSPS) is 15.0. The minimum atomic E-state index is -1.70. The highest BCUT2D eigenvalue weighted by Crippen LogP contribution is 2.14. The molecule has 0 aliphatic rings. The molecular formula is C50H77N11O13S3. The first kappa shape index (κ1) is 67.0. The Kier molecular flexibility index (Phi) is 30.7. The number of aliphatic carboxylic acids is 1. The van der Waals surface area contributed by atoms with Crippen LogP contribution in [0.1, 0.15) is 76.8 Å². The van der Waals surface area contributed by atoms with E-state index in [1.165, 1.54) is 43.0 Å². The highest BCUT2D eigenvalue weighted by Gasteiger charge is 2.36. The van der Waals surface area contributed by atoms with E-state index in [9.17, 15) is 63.3 Å². The molecule has 428 valence electrons. The van der Waals surface area contributed by atoms with Gasteiger partial charge < -0.3 is 75.1 Å². The molecule has 0 aromatic heterocycles. The molecule has 9 amide bonds. The van der Waals surface area contributed by atoms with Crippen molar-refractivity contribution in [2.24, 2.45) is 23.1 Å². The molecule has 10 atom stereocenters. The third-order valence-corrected chi connectivity index (χ3v) is 13.2. The van der Waals surface area contributed by atoms with E-state index < -0.39 is 120 Å². The number of carbonyl (C=O) groups is 10. The lowest BCUT2D eigenvalue weighted by atomic mass is 10.0. The van der Waals surface area contributed by atoms with Crippen molar-refractivity contribution in [3.8, 4) is 5.75 Å². The quantitative estimate of drug-likeness (QED) is 0.0257. The van der Waals surface area contributed by atoms with Gasteiger partial charge in [-0.2, -0.15) is 37.0 Å². The van der Waals surface area contributed by atoms with Gasteiger partial charge in [0.05, 0.1) is 12.1 Å². The van der Waals surface area contributed by atoms with Crippen molar-refractivity contribution in [3.05, 3.63) is 65.7 Å². The zero-order valence-corrected chi connectivity index (χ0v) is 46.3. The summed E-state index contributed by atoms with van der Waals surface area (Å²) >= 11 is 9.90. The van der Waals surface area contributed by atoms with Crippen LogP contribution < -0.4 is 59.7 Å². The van der Waals surface area contributed by atoms with Crippen LogP contribution in [-0.2, 0) is 60.8 Å². The first-order chi connectivity index (χ1) is 36.4. The fraction of sp³-hybridized carbons (Fsp3) is 0.560. The van der Waals surface area contributed by atoms with Crippen molar-refractivity contribution in [2.45, 2.75) is 139 Å². The van der Waals surface area contributed by atoms with E-state index in [1.807, 2.05) is 6.26 Å². The maximum Gasteiger partial charge on any atom is 0.326 e. The molecule has 0 spiro atoms. The molecule has 0 unspecified atom stereocenters. The predicted octanol–water partition coefficient (Wildman–Crippen LogP) is -2.10. The molecule has 0 aliphatic carbocycles. The number of nitrogens with two attached hydrogens (primary N) is 3. The molecule has 0 radical (unpaired) electrons. The number of aliphatic hydroxyl groups is 1. The van der Waals surface area contributed by atoms with Crippen molar-refractivity contribution >= 4 is 96.2 Å². The maximum atomic E-state index is 14.1. The van der Waals surface area contributed by atoms with Crippen molar-refractivity contribution in [2.75, 3.05) is 30.1 Å². The second-order valence-electron chi connectivity index (χ2n) is 18.7. The van der Waals surface area contributed by atoms with Crippen molar-refractivity contribution in [1.82, 2.24) is 42.5 Å². The average Bonchev–Trinajstić information content (AvgIpc) is 3.38. The highest BCUT2D eigenvalue weighted by atomic mass is 32.2. The Labute approximate surface area is 463 Å². The number of amides is 9. The monoisotopic (exact) mass is 1140 g/mol. The minimum Gasteiger partial charge on any atom is -0.508 e. The SMILES string of the molecule is CSCC[C@H](N)C(=O)N[C@@H](Cc1ccc(O)cc1)C(=O)N[C@@H](CCC(N)=O)C(=O)N[C@@H](CCCCN)C(=O)N[C@@H](CS)C(=O)N[C@@H](CS)C(=O)N[C@H](C(=O)N[C@@H](CC(C)C)C(=O)N[C@@H](Cc1ccccc1)C(=O)O)[C@@H](C)O. The zero-order valence-electron chi connectivity index (χ0n) is 43.7. The number of phenolic OH excluding ortho intramolecular Hbond substituents is 1. The molecule has 0 aliphatic heterocycles. The fourth-order valence-corrected chi connectivity index (χ4v) is 8.48. The van der Waals surface area contributed by atoms with E-state index in [2.05, 4.69) is 67.8 Å². The molecule has 27 heteroatoms. The summed E-state index contributed by atoms with van der Waals surface area (Å²) < 4.78 is 0. The largest absolute Gasteiger partial charge is 0.508 e. The van der Waals surface area contributed by atoms with Gasteiger partial charge in [-0.3, -0.25) is 43.2 Å². The molecule has 2 aromatic rings. The van der Waals surface area contributed by atoms with E-state index in [-0.39, 0.29) is 68.2 Å². The molecule has 0 bridgehead atoms. The lowest BCUT2D eigenvalue weighted by Crippen LogP contribution is -2.62. The standard InChI is InChI=1S/C50H77N11O13S3/c1-27(2)22-35(45(68)58-37(50(73)74)24-29-10-6-5-7-11-29)57-49(72)41(28(3)62)61-48(71)39(26-76)60-47(70)38(25-75)59-43(66)33(12-8-9-20-51)54-44(67)34(17-18-40(53)64)55-46(69)36(23-30-13-15-31(63)16-14-30)56-42(65)32(52)19-21-77-4/h5-7,10-11,13-16,27-28,32-39,41,62-63,75-76H,8-9,12,17-26,51-52H2,1-4H3,(H2,53,64)(H,54,67)(H,55,69)(H,56,65)(H,57,72)(H,58,68)(H,59,66)(H,60,70)(H,61,71)(H,73,74)/t28-,32+,33+,34+,35+,36+,37+,38+,39+,41+/m1/s1. The molecule has 0 saturated heterocycles. The van der Waals surface area contributed by atoms with Crippen LogP contribution >= 0.6 is 37.0 Å². The minimum absolute atomic E-state index is 0.0301. The summed E-state index contributed by atoms with van der Waals surface area (Å²) in [5, 5.41) is 50.4. The Morgan fingerprint density at radius 3 is 1.53 bits per heavy atom. The number of primary amides is 1. The smallest absolute Gasteiger partial charge is 0.326 e. The first-order valence-corrected chi connectivity index (χ1v) is 27.7. The van der Waals surface area contributed by atoms with Gasteiger partial charge in [-0.25, -0.2) is 4.79 Å². The summed E-state index contributed by atoms with van der Waals surface area (Å²) in [7, 11) is 0. The Morgan fingerprint density at radius 1 is 0.571 bits per heavy atom. The lowest BCUT2D eigenvalue weighted by Gasteiger charge is -2.28. The van der Waals surface area contributed by atoms with E-state index in [0.717, 1.165) is 0 Å². The van der Waals surface area contributed by atoms with Crippen LogP contribution in [0.4, 0.5) is 0 Å². The second-order valence-corrected chi connectivity index (χ2v) is 20.4. The van der Waals surface area contributed by atoms with Crippen LogP contribution in [-0.4, -0.2) is 165 Å². The van der Waals surface area contributed by atoms with Crippen LogP contribution in [0.3, 0.4) is 0 Å². The van der Waals surface area contributed by atoms with Gasteiger partial charge in [-0.1, -0.05) is 56.3 Å². The fourth-order valence-electron chi connectivity index (χ4n) is 7.47. The van der Waals surface area contributed by atoms with Gasteiger partial charge in [0.15, 0.2) is 0 Å². The van der Waals surface area contributed by atoms with E-state index in [0.29, 0.717) is 36.1 Å². The van der Waals surface area contributed by atoms with Crippen LogP contribution in [0.25, 0.3) is 0 Å². The molecule has 2 aromatic carbocycles. The molecular weight excluding hydrogens is 1060 g/mol. The average molecular weight is 1140 g/mol. The van der Waals surface area contributed by atoms with Crippen LogP contribution in [0.2, 0.25) is 0 Å². The highest BCUT2D eigenvalue weighted by molar-refractivity contribution is 7.98. The third-order valence-electron chi connectivity index (χ3n) is 11.8. The summed E-state index contributed by atoms with van der Waals surface area (Å²) in [6, 6.07) is 1.93. The van der Waals surface area contributed by atoms with E-state index in [4.69, 9.17) is 17.2 Å². The van der Waals surface area contributed by atoms with Gasteiger partial charge in [-0.15, -0.1) is 0 Å². The first-order valence-electron chi connectivity index (χ1n) is 25.0. The van der Waals surface area contributed by atoms with Gasteiger partial charge in [0.1, 0.15) is 54.1 Å². The summed E-state index contributed by atoms with van der Waals surface area (Å²) in [5.41, 5.74) is 18.4. The summed E-state index contributed by atoms with van der Waals surface area (Å²) in [6.07, 6.45) is 0.413. The maximum absolute atomic E-state index is 14.1. The van der Waals surface area contributed by atoms with Crippen LogP contribution in [0.15, 0.2) is 54.6 Å². The molecule has 2 rings (SSSR count). The third kappa shape index (κ3) is 24.8. The lowest BCUT2D eigenvalue weighted by molar-refractivity contribution is -0.142. The Morgan fingerprint density at radius 2 is 1.03 bits per heavy atom. The molecule has 0 saturated carbocycles. The number of carboxylic acid groups (broad SMARTS) is 1. The Bertz CT molecular complexity index is 2270. The predicted molar refractivity (Wildman–Crippen MR) is 296 cm³/mol. The van der Waals surface area contributed by atoms with Crippen molar-refractivity contribution < 1.29 is 63.3 Å². The van der Waals surface area contributed by atoms with Gasteiger partial charge in [0.2, 0.25) is 53.2 Å². The topological polar surface area (TPSA) is 406 Å². The second kappa shape index (κ2) is 35.3. The zero-order chi connectivity index (χ0) is 57.8. The summed E-state index contributed by atoms with van der Waals surface area (Å²) in [4.78, 5) is 134. The number of benzene rings is 2. The van der Waals surface area contributed by atoms with Crippen molar-refractivity contribution in [1.29, 1.82) is 0 Å². The summed E-state index contributed by atoms with van der Waals surface area (Å²) in [5.74, 6) is -9.62. The number of nitrogens with one attached hydrogen (secondary N) is 8. The Hall–Kier alpha value is -6.13. The number of rotatable bonds is 36. The molecule has 17 N–H and O–H groups in total. The van der Waals surface area contributed by atoms with E-state index in [1.54, 1.807) is 44.2 Å². The van der Waals surface area contributed by atoms with Gasteiger partial charge >= 0.3 is 5.97 Å². The number of hydrogen-bond donors (Lipinski definition) is 16. The van der Waals surface area contributed by atoms with Gasteiger partial charge in [0, 0.05) is 30.8 Å². The number of unbranched alkanes of at least 4 members (excludes halogenated alkanes) is 1. The van der Waals surface area contributed by atoms with E-state index >= 15 is 0 Å². The molecule has 0 heterocycles. The van der Waals surface area contributed by atoms with Crippen LogP contribution in [0, 0.1) is 5.92 Å². The molecule has 77 heavy (non-hydrogen) atoms. The van der Waals surface area contributed by atoms with Gasteiger partial charge in [-0.05, 0) is 93.2 Å².